The van der Waals surface area contributed by atoms with E-state index in [0.29, 0.717) is 30.3 Å². The van der Waals surface area contributed by atoms with Crippen molar-refractivity contribution in [1.82, 2.24) is 15.1 Å². The summed E-state index contributed by atoms with van der Waals surface area (Å²) in [6, 6.07) is 7.42. The first-order valence-electron chi connectivity index (χ1n) is 8.46. The lowest BCUT2D eigenvalue weighted by Crippen LogP contribution is -2.46. The van der Waals surface area contributed by atoms with E-state index in [2.05, 4.69) is 5.32 Å². The van der Waals surface area contributed by atoms with Crippen LogP contribution in [0.5, 0.6) is 0 Å². The van der Waals surface area contributed by atoms with Gasteiger partial charge >= 0.3 is 0 Å². The van der Waals surface area contributed by atoms with E-state index in [1.54, 1.807) is 29.2 Å². The van der Waals surface area contributed by atoms with E-state index in [0.717, 1.165) is 25.9 Å². The van der Waals surface area contributed by atoms with Gasteiger partial charge in [0.25, 0.3) is 11.8 Å². The molecule has 2 amide bonds. The third kappa shape index (κ3) is 4.71. The van der Waals surface area contributed by atoms with Crippen LogP contribution in [-0.2, 0) is 0 Å². The number of likely N-dealkylation sites (N-methyl/N-ethyl adjacent to an activating group) is 1. The maximum atomic E-state index is 12.6. The fourth-order valence-corrected chi connectivity index (χ4v) is 3.03. The van der Waals surface area contributed by atoms with Gasteiger partial charge in [-0.15, -0.1) is 12.4 Å². The number of amides is 2. The van der Waals surface area contributed by atoms with Crippen LogP contribution in [0.4, 0.5) is 0 Å². The van der Waals surface area contributed by atoms with Crippen LogP contribution in [0, 0.1) is 0 Å². The lowest BCUT2D eigenvalue weighted by molar-refractivity contribution is 0.0696. The Morgan fingerprint density at radius 2 is 1.75 bits per heavy atom. The zero-order valence-electron chi connectivity index (χ0n) is 14.7. The molecule has 1 saturated heterocycles. The molecule has 2 rings (SSSR count). The maximum absolute atomic E-state index is 12.6. The maximum Gasteiger partial charge on any atom is 0.253 e. The molecule has 1 aliphatic heterocycles. The fourth-order valence-electron chi connectivity index (χ4n) is 3.03. The standard InChI is InChI=1S/C18H27N3O2.ClH/c1-4-20(5-2)17(22)14-8-10-15(11-9-14)18(23)21-12-6-7-16(13-21)19-3;/h8-11,16,19H,4-7,12-13H2,1-3H3;1H. The van der Waals surface area contributed by atoms with Gasteiger partial charge in [0.15, 0.2) is 0 Å². The molecule has 5 nitrogen and oxygen atoms in total. The SMILES string of the molecule is CCN(CC)C(=O)c1ccc(C(=O)N2CCCC(NC)C2)cc1.Cl. The second-order valence-corrected chi connectivity index (χ2v) is 5.93. The molecule has 6 heteroatoms. The minimum Gasteiger partial charge on any atom is -0.339 e. The molecule has 0 saturated carbocycles. The molecule has 1 N–H and O–H groups in total. The number of rotatable bonds is 5. The predicted octanol–water partition coefficient (Wildman–Crippen LogP) is 2.41. The number of piperidine rings is 1. The molecule has 0 radical (unpaired) electrons. The molecule has 0 aromatic heterocycles. The van der Waals surface area contributed by atoms with Crippen molar-refractivity contribution < 1.29 is 9.59 Å². The van der Waals surface area contributed by atoms with Gasteiger partial charge in [-0.3, -0.25) is 9.59 Å². The van der Waals surface area contributed by atoms with Crippen LogP contribution >= 0.6 is 12.4 Å². The highest BCUT2D eigenvalue weighted by atomic mass is 35.5. The van der Waals surface area contributed by atoms with E-state index in [1.807, 2.05) is 25.8 Å². The Morgan fingerprint density at radius 3 is 2.29 bits per heavy atom. The lowest BCUT2D eigenvalue weighted by atomic mass is 10.0. The number of halogens is 1. The van der Waals surface area contributed by atoms with Gasteiger partial charge in [0.05, 0.1) is 0 Å². The molecular formula is C18H28ClN3O2. The second kappa shape index (κ2) is 9.64. The van der Waals surface area contributed by atoms with Crippen LogP contribution in [0.25, 0.3) is 0 Å². The third-order valence-electron chi connectivity index (χ3n) is 4.55. The number of hydrogen-bond donors (Lipinski definition) is 1. The molecule has 0 aliphatic carbocycles. The van der Waals surface area contributed by atoms with Gasteiger partial charge in [-0.1, -0.05) is 0 Å². The summed E-state index contributed by atoms with van der Waals surface area (Å²) in [5, 5.41) is 3.25. The summed E-state index contributed by atoms with van der Waals surface area (Å²) in [5.41, 5.74) is 1.29. The molecular weight excluding hydrogens is 326 g/mol. The number of carbonyl (C=O) groups excluding carboxylic acids is 2. The number of hydrogen-bond acceptors (Lipinski definition) is 3. The summed E-state index contributed by atoms with van der Waals surface area (Å²) in [5.74, 6) is 0.0639. The Labute approximate surface area is 150 Å². The van der Waals surface area contributed by atoms with Crippen molar-refractivity contribution in [1.29, 1.82) is 0 Å². The van der Waals surface area contributed by atoms with Crippen molar-refractivity contribution in [3.8, 4) is 0 Å². The van der Waals surface area contributed by atoms with E-state index in [-0.39, 0.29) is 24.2 Å². The molecule has 1 heterocycles. The average molecular weight is 354 g/mol. The van der Waals surface area contributed by atoms with E-state index >= 15 is 0 Å². The summed E-state index contributed by atoms with van der Waals surface area (Å²) in [4.78, 5) is 28.6. The lowest BCUT2D eigenvalue weighted by Gasteiger charge is -2.32. The topological polar surface area (TPSA) is 52.7 Å². The summed E-state index contributed by atoms with van der Waals surface area (Å²) in [6.07, 6.45) is 2.13. The van der Waals surface area contributed by atoms with Crippen LogP contribution in [0.3, 0.4) is 0 Å². The Bertz CT molecular complexity index is 544. The highest BCUT2D eigenvalue weighted by Crippen LogP contribution is 2.15. The Hall–Kier alpha value is -1.59. The first kappa shape index (κ1) is 20.5. The Balaban J connectivity index is 0.00000288. The first-order chi connectivity index (χ1) is 11.1. The van der Waals surface area contributed by atoms with Crippen LogP contribution in [0.15, 0.2) is 24.3 Å². The molecule has 1 fully saturated rings. The monoisotopic (exact) mass is 353 g/mol. The van der Waals surface area contributed by atoms with Crippen molar-refractivity contribution in [2.24, 2.45) is 0 Å². The van der Waals surface area contributed by atoms with E-state index < -0.39 is 0 Å². The van der Waals surface area contributed by atoms with Gasteiger partial charge in [-0.05, 0) is 58.0 Å². The van der Waals surface area contributed by atoms with Crippen molar-refractivity contribution >= 4 is 24.2 Å². The number of nitrogens with one attached hydrogen (secondary N) is 1. The molecule has 0 spiro atoms. The summed E-state index contributed by atoms with van der Waals surface area (Å²) < 4.78 is 0. The minimum absolute atomic E-state index is 0. The highest BCUT2D eigenvalue weighted by molar-refractivity contribution is 5.97. The number of nitrogens with zero attached hydrogens (tertiary/aromatic N) is 2. The molecule has 24 heavy (non-hydrogen) atoms. The van der Waals surface area contributed by atoms with Gasteiger partial charge in [0.2, 0.25) is 0 Å². The second-order valence-electron chi connectivity index (χ2n) is 5.93. The van der Waals surface area contributed by atoms with Crippen molar-refractivity contribution in [3.63, 3.8) is 0 Å². The fraction of sp³-hybridized carbons (Fsp3) is 0.556. The largest absolute Gasteiger partial charge is 0.339 e. The van der Waals surface area contributed by atoms with Crippen LogP contribution in [0.1, 0.15) is 47.4 Å². The van der Waals surface area contributed by atoms with Gasteiger partial charge < -0.3 is 15.1 Å². The van der Waals surface area contributed by atoms with E-state index in [1.165, 1.54) is 0 Å². The normalized spacial score (nSPS) is 17.1. The van der Waals surface area contributed by atoms with Gasteiger partial charge in [-0.25, -0.2) is 0 Å². The smallest absolute Gasteiger partial charge is 0.253 e. The highest BCUT2D eigenvalue weighted by Gasteiger charge is 2.23. The third-order valence-corrected chi connectivity index (χ3v) is 4.55. The van der Waals surface area contributed by atoms with Crippen molar-refractivity contribution in [2.45, 2.75) is 32.7 Å². The number of carbonyl (C=O) groups is 2. The molecule has 134 valence electrons. The molecule has 1 unspecified atom stereocenters. The van der Waals surface area contributed by atoms with Crippen molar-refractivity contribution in [2.75, 3.05) is 33.2 Å². The number of benzene rings is 1. The van der Waals surface area contributed by atoms with E-state index in [9.17, 15) is 9.59 Å². The predicted molar refractivity (Wildman–Crippen MR) is 98.9 cm³/mol. The molecule has 0 bridgehead atoms. The van der Waals surface area contributed by atoms with Gasteiger partial charge in [-0.2, -0.15) is 0 Å². The van der Waals surface area contributed by atoms with Crippen LogP contribution in [-0.4, -0.2) is 60.9 Å². The van der Waals surface area contributed by atoms with Crippen molar-refractivity contribution in [3.05, 3.63) is 35.4 Å². The summed E-state index contributed by atoms with van der Waals surface area (Å²) in [7, 11) is 1.94. The van der Waals surface area contributed by atoms with Crippen LogP contribution < -0.4 is 5.32 Å². The molecule has 1 atom stereocenters. The first-order valence-corrected chi connectivity index (χ1v) is 8.46. The quantitative estimate of drug-likeness (QED) is 0.884. The van der Waals surface area contributed by atoms with Gasteiger partial charge in [0, 0.05) is 43.3 Å². The Kier molecular flexibility index (Phi) is 8.22. The average Bonchev–Trinajstić information content (AvgIpc) is 2.62. The Morgan fingerprint density at radius 1 is 1.17 bits per heavy atom. The molecule has 1 aromatic rings. The molecule has 1 aliphatic rings. The summed E-state index contributed by atoms with van der Waals surface area (Å²) in [6.45, 7) is 6.86. The molecule has 1 aromatic carbocycles. The van der Waals surface area contributed by atoms with E-state index in [4.69, 9.17) is 0 Å². The zero-order chi connectivity index (χ0) is 16.8. The van der Waals surface area contributed by atoms with Gasteiger partial charge in [0.1, 0.15) is 0 Å². The zero-order valence-corrected chi connectivity index (χ0v) is 15.6. The van der Waals surface area contributed by atoms with Crippen LogP contribution in [0.2, 0.25) is 0 Å². The summed E-state index contributed by atoms with van der Waals surface area (Å²) >= 11 is 0. The minimum atomic E-state index is 0. The number of likely N-dealkylation sites (tertiary alicyclic amines) is 1.